The second kappa shape index (κ2) is 8.60. The van der Waals surface area contributed by atoms with E-state index in [9.17, 15) is 9.90 Å². The van der Waals surface area contributed by atoms with Crippen LogP contribution in [0.25, 0.3) is 6.08 Å². The van der Waals surface area contributed by atoms with Gasteiger partial charge >= 0.3 is 5.97 Å². The summed E-state index contributed by atoms with van der Waals surface area (Å²) in [5.41, 5.74) is 1.61. The van der Waals surface area contributed by atoms with Crippen molar-refractivity contribution in [3.8, 4) is 5.75 Å². The van der Waals surface area contributed by atoms with Crippen LogP contribution in [0.4, 0.5) is 5.69 Å². The number of hydrogen-bond donors (Lipinski definition) is 1. The van der Waals surface area contributed by atoms with E-state index in [-0.39, 0.29) is 17.9 Å². The number of aliphatic hydroxyl groups is 1. The zero-order valence-corrected chi connectivity index (χ0v) is 15.8. The largest absolute Gasteiger partial charge is 0.506 e. The average Bonchev–Trinajstić information content (AvgIpc) is 2.98. The molecule has 0 atom stereocenters. The van der Waals surface area contributed by atoms with Crippen molar-refractivity contribution in [3.05, 3.63) is 76.4 Å². The number of thioether (sulfide) groups is 1. The molecule has 0 saturated heterocycles. The Morgan fingerprint density at radius 2 is 1.96 bits per heavy atom. The summed E-state index contributed by atoms with van der Waals surface area (Å²) in [5.74, 6) is -0.0599. The highest BCUT2D eigenvalue weighted by molar-refractivity contribution is 8.18. The molecule has 27 heavy (non-hydrogen) atoms. The van der Waals surface area contributed by atoms with E-state index in [0.717, 1.165) is 5.56 Å². The number of aliphatic imine (C=N–C) groups is 1. The van der Waals surface area contributed by atoms with E-state index in [4.69, 9.17) is 9.47 Å². The molecule has 0 bridgehead atoms. The number of aliphatic hydroxyl groups excluding tert-OH is 1. The predicted molar refractivity (Wildman–Crippen MR) is 108 cm³/mol. The highest BCUT2D eigenvalue weighted by Crippen LogP contribution is 2.40. The Balaban J connectivity index is 2.03. The van der Waals surface area contributed by atoms with Crippen molar-refractivity contribution < 1.29 is 19.4 Å². The van der Waals surface area contributed by atoms with Gasteiger partial charge in [-0.3, -0.25) is 0 Å². The van der Waals surface area contributed by atoms with Crippen LogP contribution in [0.2, 0.25) is 0 Å². The topological polar surface area (TPSA) is 68.1 Å². The number of carbonyl (C=O) groups excluding carboxylic acids is 1. The molecule has 5 nitrogen and oxygen atoms in total. The Hall–Kier alpha value is -2.99. The van der Waals surface area contributed by atoms with E-state index in [1.54, 1.807) is 26.2 Å². The Labute approximate surface area is 162 Å². The fourth-order valence-corrected chi connectivity index (χ4v) is 3.52. The SMILES string of the molecule is CCOC(=O)C1=C(O)C(=Cc2ccccc2)SC1=Nc1cccc(OC)c1. The number of nitrogens with zero attached hydrogens (tertiary/aromatic N) is 1. The average molecular weight is 381 g/mol. The highest BCUT2D eigenvalue weighted by atomic mass is 32.2. The van der Waals surface area contributed by atoms with Crippen molar-refractivity contribution in [1.82, 2.24) is 0 Å². The van der Waals surface area contributed by atoms with Crippen LogP contribution in [-0.2, 0) is 9.53 Å². The first-order chi connectivity index (χ1) is 13.1. The Kier molecular flexibility index (Phi) is 5.98. The maximum absolute atomic E-state index is 12.4. The molecule has 1 aliphatic heterocycles. The van der Waals surface area contributed by atoms with Gasteiger partial charge in [0.2, 0.25) is 0 Å². The summed E-state index contributed by atoms with van der Waals surface area (Å²) >= 11 is 1.23. The van der Waals surface area contributed by atoms with Gasteiger partial charge in [0, 0.05) is 6.07 Å². The van der Waals surface area contributed by atoms with Gasteiger partial charge in [0.05, 0.1) is 24.3 Å². The van der Waals surface area contributed by atoms with Crippen LogP contribution in [0.15, 0.2) is 75.8 Å². The number of methoxy groups -OCH3 is 1. The van der Waals surface area contributed by atoms with Crippen LogP contribution in [-0.4, -0.2) is 29.8 Å². The number of benzene rings is 2. The second-order valence-corrected chi connectivity index (χ2v) is 6.61. The first-order valence-corrected chi connectivity index (χ1v) is 9.22. The first kappa shape index (κ1) is 18.8. The molecule has 6 heteroatoms. The van der Waals surface area contributed by atoms with Crippen LogP contribution < -0.4 is 4.74 Å². The van der Waals surface area contributed by atoms with E-state index >= 15 is 0 Å². The van der Waals surface area contributed by atoms with E-state index in [1.165, 1.54) is 11.8 Å². The highest BCUT2D eigenvalue weighted by Gasteiger charge is 2.33. The summed E-state index contributed by atoms with van der Waals surface area (Å²) in [7, 11) is 1.58. The van der Waals surface area contributed by atoms with Crippen molar-refractivity contribution in [2.45, 2.75) is 6.92 Å². The van der Waals surface area contributed by atoms with E-state index in [2.05, 4.69) is 4.99 Å². The van der Waals surface area contributed by atoms with Gasteiger partial charge in [-0.15, -0.1) is 0 Å². The van der Waals surface area contributed by atoms with Gasteiger partial charge in [-0.25, -0.2) is 9.79 Å². The van der Waals surface area contributed by atoms with Crippen molar-refractivity contribution in [3.63, 3.8) is 0 Å². The summed E-state index contributed by atoms with van der Waals surface area (Å²) < 4.78 is 10.3. The number of rotatable bonds is 5. The number of carbonyl (C=O) groups is 1. The first-order valence-electron chi connectivity index (χ1n) is 8.40. The Bertz CT molecular complexity index is 932. The molecule has 0 fully saturated rings. The van der Waals surface area contributed by atoms with E-state index in [0.29, 0.717) is 21.4 Å². The lowest BCUT2D eigenvalue weighted by Gasteiger charge is -2.04. The number of hydrogen-bond acceptors (Lipinski definition) is 6. The van der Waals surface area contributed by atoms with Gasteiger partial charge in [0.1, 0.15) is 22.1 Å². The minimum atomic E-state index is -0.597. The van der Waals surface area contributed by atoms with Gasteiger partial charge in [0.15, 0.2) is 0 Å². The summed E-state index contributed by atoms with van der Waals surface area (Å²) in [5, 5.41) is 11.0. The van der Waals surface area contributed by atoms with Crippen LogP contribution in [0, 0.1) is 0 Å². The lowest BCUT2D eigenvalue weighted by atomic mass is 10.1. The molecule has 1 heterocycles. The maximum Gasteiger partial charge on any atom is 0.344 e. The molecule has 2 aromatic carbocycles. The molecule has 0 saturated carbocycles. The van der Waals surface area contributed by atoms with Crippen LogP contribution >= 0.6 is 11.8 Å². The third kappa shape index (κ3) is 4.41. The molecule has 0 aliphatic carbocycles. The lowest BCUT2D eigenvalue weighted by molar-refractivity contribution is -0.138. The minimum Gasteiger partial charge on any atom is -0.506 e. The molecular formula is C21H19NO4S. The molecule has 0 spiro atoms. The Morgan fingerprint density at radius 1 is 1.19 bits per heavy atom. The molecule has 0 aromatic heterocycles. The smallest absolute Gasteiger partial charge is 0.344 e. The fourth-order valence-electron chi connectivity index (χ4n) is 2.49. The third-order valence-electron chi connectivity index (χ3n) is 3.75. The third-order valence-corrected chi connectivity index (χ3v) is 4.77. The monoisotopic (exact) mass is 381 g/mol. The van der Waals surface area contributed by atoms with Gasteiger partial charge in [0.25, 0.3) is 0 Å². The molecule has 3 rings (SSSR count). The van der Waals surface area contributed by atoms with Gasteiger partial charge < -0.3 is 14.6 Å². The van der Waals surface area contributed by atoms with Crippen molar-refractivity contribution in [1.29, 1.82) is 0 Å². The molecule has 0 unspecified atom stereocenters. The van der Waals surface area contributed by atoms with Crippen molar-refractivity contribution in [2.24, 2.45) is 4.99 Å². The molecule has 1 N–H and O–H groups in total. The summed E-state index contributed by atoms with van der Waals surface area (Å²) in [6.07, 6.45) is 1.81. The van der Waals surface area contributed by atoms with E-state index < -0.39 is 5.97 Å². The van der Waals surface area contributed by atoms with Crippen LogP contribution in [0.3, 0.4) is 0 Å². The summed E-state index contributed by atoms with van der Waals surface area (Å²) in [4.78, 5) is 17.5. The number of ether oxygens (including phenoxy) is 2. The Morgan fingerprint density at radius 3 is 2.67 bits per heavy atom. The molecule has 0 radical (unpaired) electrons. The molecule has 1 aliphatic rings. The van der Waals surface area contributed by atoms with Gasteiger partial charge in [-0.05, 0) is 30.7 Å². The minimum absolute atomic E-state index is 0.0758. The zero-order valence-electron chi connectivity index (χ0n) is 15.0. The lowest BCUT2D eigenvalue weighted by Crippen LogP contribution is -2.12. The molecule has 0 amide bonds. The normalized spacial score (nSPS) is 16.8. The molecule has 138 valence electrons. The summed E-state index contributed by atoms with van der Waals surface area (Å²) in [6.45, 7) is 1.93. The van der Waals surface area contributed by atoms with Crippen LogP contribution in [0.5, 0.6) is 5.75 Å². The molecular weight excluding hydrogens is 362 g/mol. The maximum atomic E-state index is 12.4. The quantitative estimate of drug-likeness (QED) is 0.747. The second-order valence-electron chi connectivity index (χ2n) is 5.58. The predicted octanol–water partition coefficient (Wildman–Crippen LogP) is 4.89. The number of esters is 1. The van der Waals surface area contributed by atoms with Crippen molar-refractivity contribution >= 4 is 34.5 Å². The van der Waals surface area contributed by atoms with Crippen LogP contribution in [0.1, 0.15) is 12.5 Å². The van der Waals surface area contributed by atoms with Gasteiger partial charge in [-0.1, -0.05) is 48.2 Å². The standard InChI is InChI=1S/C21H19NO4S/c1-3-26-21(24)18-19(23)17(12-14-8-5-4-6-9-14)27-20(18)22-15-10-7-11-16(13-15)25-2/h4-13,23H,3H2,1-2H3. The van der Waals surface area contributed by atoms with E-state index in [1.807, 2.05) is 48.5 Å². The molecule has 2 aromatic rings. The zero-order chi connectivity index (χ0) is 19.2. The summed E-state index contributed by atoms with van der Waals surface area (Å²) in [6, 6.07) is 16.7. The van der Waals surface area contributed by atoms with Crippen molar-refractivity contribution in [2.75, 3.05) is 13.7 Å². The van der Waals surface area contributed by atoms with Gasteiger partial charge in [-0.2, -0.15) is 0 Å². The fraction of sp³-hybridized carbons (Fsp3) is 0.143.